The van der Waals surface area contributed by atoms with Gasteiger partial charge in [-0.15, -0.1) is 0 Å². The average Bonchev–Trinajstić information content (AvgIpc) is 3.00. The molecule has 2 aliphatic heterocycles. The monoisotopic (exact) mass is 365 g/mol. The quantitative estimate of drug-likeness (QED) is 0.773. The number of rotatable bonds is 3. The lowest BCUT2D eigenvalue weighted by Gasteiger charge is -2.32. The summed E-state index contributed by atoms with van der Waals surface area (Å²) in [5.41, 5.74) is 0.915. The van der Waals surface area contributed by atoms with E-state index in [2.05, 4.69) is 0 Å². The first-order valence-corrected chi connectivity index (χ1v) is 10.4. The van der Waals surface area contributed by atoms with E-state index in [0.29, 0.717) is 11.4 Å². The smallest absolute Gasteiger partial charge is 0.399 e. The highest BCUT2D eigenvalue weighted by molar-refractivity contribution is 7.89. The van der Waals surface area contributed by atoms with E-state index in [-0.39, 0.29) is 6.04 Å². The van der Waals surface area contributed by atoms with Crippen LogP contribution in [0.5, 0.6) is 0 Å². The molecular formula is C18H28BNO4S. The van der Waals surface area contributed by atoms with Crippen LogP contribution in [0.15, 0.2) is 23.1 Å². The summed E-state index contributed by atoms with van der Waals surface area (Å²) in [5.74, 6) is 0. The van der Waals surface area contributed by atoms with Gasteiger partial charge in [-0.2, -0.15) is 4.31 Å². The van der Waals surface area contributed by atoms with Gasteiger partial charge in [0.15, 0.2) is 0 Å². The van der Waals surface area contributed by atoms with Crippen molar-refractivity contribution in [1.29, 1.82) is 0 Å². The van der Waals surface area contributed by atoms with Gasteiger partial charge in [0.25, 0.3) is 0 Å². The maximum Gasteiger partial charge on any atom is 0.495 e. The van der Waals surface area contributed by atoms with Crippen molar-refractivity contribution in [3.05, 3.63) is 23.8 Å². The van der Waals surface area contributed by atoms with Crippen molar-refractivity contribution in [1.82, 2.24) is 4.31 Å². The van der Waals surface area contributed by atoms with Crippen molar-refractivity contribution in [3.63, 3.8) is 0 Å². The first-order valence-electron chi connectivity index (χ1n) is 8.94. The second-order valence-electron chi connectivity index (χ2n) is 8.21. The molecule has 1 unspecified atom stereocenters. The molecule has 138 valence electrons. The predicted molar refractivity (Wildman–Crippen MR) is 99.5 cm³/mol. The molecule has 25 heavy (non-hydrogen) atoms. The number of aryl methyl sites for hydroxylation is 1. The summed E-state index contributed by atoms with van der Waals surface area (Å²) in [6.45, 7) is 12.5. The van der Waals surface area contributed by atoms with Gasteiger partial charge in [0, 0.05) is 12.6 Å². The lowest BCUT2D eigenvalue weighted by Crippen LogP contribution is -2.41. The van der Waals surface area contributed by atoms with Gasteiger partial charge < -0.3 is 9.31 Å². The Morgan fingerprint density at radius 3 is 2.24 bits per heavy atom. The topological polar surface area (TPSA) is 55.8 Å². The highest BCUT2D eigenvalue weighted by atomic mass is 32.2. The van der Waals surface area contributed by atoms with Gasteiger partial charge in [-0.1, -0.05) is 11.6 Å². The van der Waals surface area contributed by atoms with E-state index in [0.717, 1.165) is 23.9 Å². The predicted octanol–water partition coefficient (Wildman–Crippen LogP) is 2.47. The maximum atomic E-state index is 12.9. The molecule has 0 radical (unpaired) electrons. The first-order chi connectivity index (χ1) is 11.5. The minimum absolute atomic E-state index is 0.0630. The zero-order valence-corrected chi connectivity index (χ0v) is 16.8. The molecule has 2 aliphatic rings. The van der Waals surface area contributed by atoms with Crippen molar-refractivity contribution < 1.29 is 17.7 Å². The number of sulfonamides is 1. The molecular weight excluding hydrogens is 337 g/mol. The molecule has 0 aromatic heterocycles. The van der Waals surface area contributed by atoms with Crippen LogP contribution in [0.2, 0.25) is 0 Å². The molecule has 0 amide bonds. The minimum Gasteiger partial charge on any atom is -0.399 e. The first kappa shape index (κ1) is 18.9. The minimum atomic E-state index is -3.44. The van der Waals surface area contributed by atoms with Crippen molar-refractivity contribution in [2.45, 2.75) is 76.5 Å². The van der Waals surface area contributed by atoms with Crippen molar-refractivity contribution in [3.8, 4) is 0 Å². The van der Waals surface area contributed by atoms with E-state index in [9.17, 15) is 8.42 Å². The summed E-state index contributed by atoms with van der Waals surface area (Å²) in [5, 5.41) is 0. The zero-order chi connectivity index (χ0) is 18.6. The molecule has 2 saturated heterocycles. The van der Waals surface area contributed by atoms with Crippen LogP contribution in [-0.4, -0.2) is 43.6 Å². The second-order valence-corrected chi connectivity index (χ2v) is 10.1. The standard InChI is InChI=1S/C18H28BNO4S/c1-13-12-15(25(21,22)20-11-7-8-14(20)2)9-10-16(13)19-23-17(3,4)18(5,6)24-19/h9-10,12,14H,7-8,11H2,1-6H3. The summed E-state index contributed by atoms with van der Waals surface area (Å²) >= 11 is 0. The van der Waals surface area contributed by atoms with Gasteiger partial charge in [0.2, 0.25) is 10.0 Å². The van der Waals surface area contributed by atoms with E-state index in [1.54, 1.807) is 16.4 Å². The Morgan fingerprint density at radius 2 is 1.76 bits per heavy atom. The fraction of sp³-hybridized carbons (Fsp3) is 0.667. The summed E-state index contributed by atoms with van der Waals surface area (Å²) in [4.78, 5) is 0.346. The maximum absolute atomic E-state index is 12.9. The second kappa shape index (κ2) is 6.08. The van der Waals surface area contributed by atoms with E-state index < -0.39 is 28.3 Å². The fourth-order valence-corrected chi connectivity index (χ4v) is 5.23. The molecule has 0 spiro atoms. The molecule has 2 fully saturated rings. The Hall–Kier alpha value is -0.885. The molecule has 1 aromatic carbocycles. The molecule has 3 rings (SSSR count). The highest BCUT2D eigenvalue weighted by Crippen LogP contribution is 2.37. The van der Waals surface area contributed by atoms with Crippen molar-refractivity contribution in [2.24, 2.45) is 0 Å². The van der Waals surface area contributed by atoms with Crippen LogP contribution in [0.1, 0.15) is 53.0 Å². The molecule has 0 bridgehead atoms. The Morgan fingerprint density at radius 1 is 1.16 bits per heavy atom. The molecule has 1 aromatic rings. The molecule has 2 heterocycles. The normalized spacial score (nSPS) is 26.3. The van der Waals surface area contributed by atoms with Crippen molar-refractivity contribution in [2.75, 3.05) is 6.54 Å². The van der Waals surface area contributed by atoms with Gasteiger partial charge in [-0.05, 0) is 72.0 Å². The third-order valence-corrected chi connectivity index (χ3v) is 7.86. The average molecular weight is 365 g/mol. The largest absolute Gasteiger partial charge is 0.495 e. The number of hydrogen-bond acceptors (Lipinski definition) is 4. The molecule has 5 nitrogen and oxygen atoms in total. The molecule has 0 N–H and O–H groups in total. The third kappa shape index (κ3) is 3.16. The molecule has 0 aliphatic carbocycles. The lowest BCUT2D eigenvalue weighted by atomic mass is 9.76. The zero-order valence-electron chi connectivity index (χ0n) is 16.0. The van der Waals surface area contributed by atoms with Gasteiger partial charge in [-0.3, -0.25) is 0 Å². The van der Waals surface area contributed by atoms with Crippen LogP contribution >= 0.6 is 0 Å². The third-order valence-electron chi connectivity index (χ3n) is 5.85. The lowest BCUT2D eigenvalue weighted by molar-refractivity contribution is 0.00578. The summed E-state index contributed by atoms with van der Waals surface area (Å²) < 4.78 is 39.6. The van der Waals surface area contributed by atoms with E-state index in [1.807, 2.05) is 47.6 Å². The van der Waals surface area contributed by atoms with Gasteiger partial charge >= 0.3 is 7.12 Å². The Labute approximate surface area is 151 Å². The molecule has 7 heteroatoms. The SMILES string of the molecule is Cc1cc(S(=O)(=O)N2CCCC2C)ccc1B1OC(C)(C)C(C)(C)O1. The number of hydrogen-bond donors (Lipinski definition) is 0. The Bertz CT molecular complexity index is 759. The van der Waals surface area contributed by atoms with E-state index in [1.165, 1.54) is 0 Å². The fourth-order valence-electron chi connectivity index (χ4n) is 3.44. The summed E-state index contributed by atoms with van der Waals surface area (Å²) in [6.07, 6.45) is 1.84. The Kier molecular flexibility index (Phi) is 4.60. The molecule has 0 saturated carbocycles. The summed E-state index contributed by atoms with van der Waals surface area (Å²) in [7, 11) is -3.92. The van der Waals surface area contributed by atoms with Crippen LogP contribution in [0.3, 0.4) is 0 Å². The number of nitrogens with zero attached hydrogens (tertiary/aromatic N) is 1. The van der Waals surface area contributed by atoms with Gasteiger partial charge in [0.05, 0.1) is 16.1 Å². The summed E-state index contributed by atoms with van der Waals surface area (Å²) in [6, 6.07) is 5.30. The van der Waals surface area contributed by atoms with Crippen LogP contribution in [-0.2, 0) is 19.3 Å². The number of benzene rings is 1. The van der Waals surface area contributed by atoms with E-state index in [4.69, 9.17) is 9.31 Å². The Balaban J connectivity index is 1.90. The van der Waals surface area contributed by atoms with Gasteiger partial charge in [0.1, 0.15) is 0 Å². The van der Waals surface area contributed by atoms with Gasteiger partial charge in [-0.25, -0.2) is 8.42 Å². The van der Waals surface area contributed by atoms with Crippen molar-refractivity contribution >= 4 is 22.6 Å². The van der Waals surface area contributed by atoms with Crippen LogP contribution in [0, 0.1) is 6.92 Å². The van der Waals surface area contributed by atoms with E-state index >= 15 is 0 Å². The van der Waals surface area contributed by atoms with Crippen LogP contribution < -0.4 is 5.46 Å². The highest BCUT2D eigenvalue weighted by Gasteiger charge is 2.52. The molecule has 1 atom stereocenters. The van der Waals surface area contributed by atoms with Crippen LogP contribution in [0.25, 0.3) is 0 Å². The van der Waals surface area contributed by atoms with Crippen LogP contribution in [0.4, 0.5) is 0 Å².